The molecule has 1 atom stereocenters. The Morgan fingerprint density at radius 3 is 2.71 bits per heavy atom. The van der Waals surface area contributed by atoms with Crippen molar-refractivity contribution in [1.82, 2.24) is 4.90 Å². The Morgan fingerprint density at radius 2 is 2.00 bits per heavy atom. The third-order valence-corrected chi connectivity index (χ3v) is 3.65. The van der Waals surface area contributed by atoms with Crippen LogP contribution in [0.2, 0.25) is 0 Å². The van der Waals surface area contributed by atoms with Crippen molar-refractivity contribution in [3.8, 4) is 0 Å². The molecule has 1 aliphatic rings. The number of nitrogens with zero attached hydrogens (tertiary/aromatic N) is 1. The Balaban J connectivity index is 2.00. The molecule has 1 aromatic carbocycles. The molecule has 0 spiro atoms. The van der Waals surface area contributed by atoms with Gasteiger partial charge in [0.1, 0.15) is 0 Å². The van der Waals surface area contributed by atoms with Crippen molar-refractivity contribution in [1.29, 1.82) is 0 Å². The maximum Gasteiger partial charge on any atom is 0.0930 e. The summed E-state index contributed by atoms with van der Waals surface area (Å²) in [6, 6.07) is 8.70. The maximum absolute atomic E-state index is 5.07. The number of hydrogen-bond acceptors (Lipinski definition) is 3. The Morgan fingerprint density at radius 1 is 1.24 bits per heavy atom. The van der Waals surface area contributed by atoms with E-state index in [1.807, 2.05) is 0 Å². The molecular formula is C14H22N2O. The zero-order chi connectivity index (χ0) is 12.1. The highest BCUT2D eigenvalue weighted by atomic mass is 16.6. The van der Waals surface area contributed by atoms with Crippen LogP contribution in [-0.4, -0.2) is 25.0 Å². The predicted octanol–water partition coefficient (Wildman–Crippen LogP) is 2.28. The third kappa shape index (κ3) is 3.53. The Bertz CT molecular complexity index is 337. The van der Waals surface area contributed by atoms with Crippen LogP contribution in [-0.2, 0) is 11.4 Å². The monoisotopic (exact) mass is 234 g/mol. The van der Waals surface area contributed by atoms with Crippen LogP contribution in [0.3, 0.4) is 0 Å². The van der Waals surface area contributed by atoms with Gasteiger partial charge in [-0.15, -0.1) is 0 Å². The first-order chi connectivity index (χ1) is 8.29. The SMILES string of the molecule is CN1CCCC(c2ccc(CON)cc2)CC1. The van der Waals surface area contributed by atoms with Crippen LogP contribution in [0.1, 0.15) is 36.3 Å². The van der Waals surface area contributed by atoms with Gasteiger partial charge in [0.2, 0.25) is 0 Å². The van der Waals surface area contributed by atoms with Crippen LogP contribution in [0.25, 0.3) is 0 Å². The van der Waals surface area contributed by atoms with E-state index in [0.717, 1.165) is 5.56 Å². The molecule has 2 rings (SSSR count). The van der Waals surface area contributed by atoms with E-state index in [1.54, 1.807) is 0 Å². The minimum absolute atomic E-state index is 0.494. The first kappa shape index (κ1) is 12.6. The molecule has 17 heavy (non-hydrogen) atoms. The van der Waals surface area contributed by atoms with Crippen LogP contribution in [0.5, 0.6) is 0 Å². The molecule has 0 bridgehead atoms. The van der Waals surface area contributed by atoms with Crippen LogP contribution in [0.4, 0.5) is 0 Å². The van der Waals surface area contributed by atoms with Crippen LogP contribution in [0.15, 0.2) is 24.3 Å². The lowest BCUT2D eigenvalue weighted by Gasteiger charge is -2.15. The molecule has 0 radical (unpaired) electrons. The Hall–Kier alpha value is -0.900. The quantitative estimate of drug-likeness (QED) is 0.815. The molecule has 1 saturated heterocycles. The van der Waals surface area contributed by atoms with E-state index >= 15 is 0 Å². The van der Waals surface area contributed by atoms with Crippen molar-refractivity contribution in [3.63, 3.8) is 0 Å². The lowest BCUT2D eigenvalue weighted by Crippen LogP contribution is -2.18. The molecule has 1 aliphatic heterocycles. The second kappa shape index (κ2) is 6.15. The normalized spacial score (nSPS) is 22.4. The lowest BCUT2D eigenvalue weighted by molar-refractivity contribution is 0.124. The summed E-state index contributed by atoms with van der Waals surface area (Å²) in [7, 11) is 2.21. The summed E-state index contributed by atoms with van der Waals surface area (Å²) in [6.07, 6.45) is 3.87. The molecule has 2 N–H and O–H groups in total. The Labute approximate surface area is 104 Å². The molecule has 1 aromatic rings. The minimum Gasteiger partial charge on any atom is -0.306 e. The number of rotatable bonds is 3. The molecule has 0 aromatic heterocycles. The van der Waals surface area contributed by atoms with Crippen molar-refractivity contribution in [2.45, 2.75) is 31.8 Å². The molecule has 3 nitrogen and oxygen atoms in total. The summed E-state index contributed by atoms with van der Waals surface area (Å²) in [5, 5.41) is 0. The number of benzene rings is 1. The molecule has 94 valence electrons. The second-order valence-corrected chi connectivity index (χ2v) is 4.98. The van der Waals surface area contributed by atoms with E-state index in [4.69, 9.17) is 5.90 Å². The fraction of sp³-hybridized carbons (Fsp3) is 0.571. The first-order valence-corrected chi connectivity index (χ1v) is 6.38. The highest BCUT2D eigenvalue weighted by Gasteiger charge is 2.16. The second-order valence-electron chi connectivity index (χ2n) is 4.98. The molecular weight excluding hydrogens is 212 g/mol. The van der Waals surface area contributed by atoms with E-state index in [2.05, 4.69) is 41.1 Å². The van der Waals surface area contributed by atoms with Crippen molar-refractivity contribution in [2.75, 3.05) is 20.1 Å². The van der Waals surface area contributed by atoms with E-state index in [0.29, 0.717) is 12.5 Å². The standard InChI is InChI=1S/C14H22N2O/c1-16-9-2-3-13(8-10-16)14-6-4-12(5-7-14)11-17-15/h4-7,13H,2-3,8-11,15H2,1H3. The zero-order valence-corrected chi connectivity index (χ0v) is 10.6. The summed E-state index contributed by atoms with van der Waals surface area (Å²) >= 11 is 0. The third-order valence-electron chi connectivity index (χ3n) is 3.65. The van der Waals surface area contributed by atoms with Gasteiger partial charge in [-0.1, -0.05) is 24.3 Å². The molecule has 1 fully saturated rings. The van der Waals surface area contributed by atoms with Gasteiger partial charge in [-0.2, -0.15) is 0 Å². The van der Waals surface area contributed by atoms with Gasteiger partial charge in [0.05, 0.1) is 6.61 Å². The van der Waals surface area contributed by atoms with Gasteiger partial charge >= 0.3 is 0 Å². The molecule has 0 aliphatic carbocycles. The van der Waals surface area contributed by atoms with Crippen molar-refractivity contribution in [3.05, 3.63) is 35.4 Å². The minimum atomic E-state index is 0.494. The van der Waals surface area contributed by atoms with Gasteiger partial charge in [0.25, 0.3) is 0 Å². The first-order valence-electron chi connectivity index (χ1n) is 6.38. The van der Waals surface area contributed by atoms with Gasteiger partial charge in [0.15, 0.2) is 0 Å². The fourth-order valence-electron chi connectivity index (χ4n) is 2.56. The lowest BCUT2D eigenvalue weighted by atomic mass is 9.91. The predicted molar refractivity (Wildman–Crippen MR) is 69.5 cm³/mol. The van der Waals surface area contributed by atoms with Crippen LogP contribution in [0, 0.1) is 0 Å². The van der Waals surface area contributed by atoms with E-state index < -0.39 is 0 Å². The Kier molecular flexibility index (Phi) is 4.54. The average Bonchev–Trinajstić information content (AvgIpc) is 2.56. The van der Waals surface area contributed by atoms with Crippen LogP contribution >= 0.6 is 0 Å². The highest BCUT2D eigenvalue weighted by molar-refractivity contribution is 5.25. The van der Waals surface area contributed by atoms with E-state index in [9.17, 15) is 0 Å². The molecule has 0 saturated carbocycles. The number of hydrogen-bond donors (Lipinski definition) is 1. The van der Waals surface area contributed by atoms with Crippen molar-refractivity contribution >= 4 is 0 Å². The van der Waals surface area contributed by atoms with Crippen molar-refractivity contribution in [2.24, 2.45) is 5.90 Å². The highest BCUT2D eigenvalue weighted by Crippen LogP contribution is 2.27. The summed E-state index contributed by atoms with van der Waals surface area (Å²) in [4.78, 5) is 7.07. The number of nitrogens with two attached hydrogens (primary N) is 1. The van der Waals surface area contributed by atoms with Crippen LogP contribution < -0.4 is 5.90 Å². The summed E-state index contributed by atoms with van der Waals surface area (Å²) in [5.41, 5.74) is 2.60. The summed E-state index contributed by atoms with van der Waals surface area (Å²) in [6.45, 7) is 2.93. The van der Waals surface area contributed by atoms with Gasteiger partial charge in [-0.3, -0.25) is 4.84 Å². The van der Waals surface area contributed by atoms with Gasteiger partial charge in [-0.05, 0) is 56.4 Å². The molecule has 1 unspecified atom stereocenters. The fourth-order valence-corrected chi connectivity index (χ4v) is 2.56. The molecule has 1 heterocycles. The smallest absolute Gasteiger partial charge is 0.0930 e. The topological polar surface area (TPSA) is 38.5 Å². The summed E-state index contributed by atoms with van der Waals surface area (Å²) in [5.74, 6) is 5.79. The number of likely N-dealkylation sites (tertiary alicyclic amines) is 1. The zero-order valence-electron chi connectivity index (χ0n) is 10.6. The van der Waals surface area contributed by atoms with E-state index in [-0.39, 0.29) is 0 Å². The largest absolute Gasteiger partial charge is 0.306 e. The molecule has 3 heteroatoms. The van der Waals surface area contributed by atoms with E-state index in [1.165, 1.54) is 37.9 Å². The van der Waals surface area contributed by atoms with Gasteiger partial charge in [-0.25, -0.2) is 5.90 Å². The average molecular weight is 234 g/mol. The maximum atomic E-state index is 5.07. The molecule has 0 amide bonds. The summed E-state index contributed by atoms with van der Waals surface area (Å²) < 4.78 is 0. The van der Waals surface area contributed by atoms with Crippen molar-refractivity contribution < 1.29 is 4.84 Å². The van der Waals surface area contributed by atoms with Gasteiger partial charge in [0, 0.05) is 0 Å². The van der Waals surface area contributed by atoms with Gasteiger partial charge < -0.3 is 4.90 Å².